The topological polar surface area (TPSA) is 151 Å². The number of ketones is 1. The van der Waals surface area contributed by atoms with Crippen molar-refractivity contribution in [2.24, 2.45) is 5.92 Å². The number of carbonyl (C=O) groups is 1. The number of rotatable bonds is 13. The Balaban J connectivity index is 1.54. The average Bonchev–Trinajstić information content (AvgIpc) is 2.87. The molecule has 1 aromatic carbocycles. The molecule has 2 aromatic rings. The summed E-state index contributed by atoms with van der Waals surface area (Å²) in [6, 6.07) is 3.56. The Hall–Kier alpha value is -2.87. The fourth-order valence-electron chi connectivity index (χ4n) is 4.44. The van der Waals surface area contributed by atoms with Gasteiger partial charge in [-0.2, -0.15) is 4.98 Å². The van der Waals surface area contributed by atoms with E-state index in [9.17, 15) is 22.7 Å². The van der Waals surface area contributed by atoms with Gasteiger partial charge < -0.3 is 20.9 Å². The maximum absolute atomic E-state index is 13.7. The molecule has 0 spiro atoms. The number of hydrogen-bond donors (Lipinski definition) is 3. The first-order valence-corrected chi connectivity index (χ1v) is 14.2. The van der Waals surface area contributed by atoms with Crippen LogP contribution in [0.15, 0.2) is 24.4 Å². The highest BCUT2D eigenvalue weighted by molar-refractivity contribution is 7.89. The van der Waals surface area contributed by atoms with Gasteiger partial charge in [-0.1, -0.05) is 13.8 Å². The van der Waals surface area contributed by atoms with Gasteiger partial charge in [-0.05, 0) is 43.4 Å². The maximum Gasteiger partial charge on any atom is 0.224 e. The Morgan fingerprint density at radius 1 is 1.32 bits per heavy atom. The van der Waals surface area contributed by atoms with E-state index in [1.165, 1.54) is 29.7 Å². The molecule has 11 nitrogen and oxygen atoms in total. The molecule has 1 saturated heterocycles. The van der Waals surface area contributed by atoms with Crippen molar-refractivity contribution in [1.82, 2.24) is 19.2 Å². The molecule has 3 rings (SSSR count). The average molecular weight is 553 g/mol. The van der Waals surface area contributed by atoms with Crippen molar-refractivity contribution in [3.63, 3.8) is 0 Å². The van der Waals surface area contributed by atoms with E-state index in [1.54, 1.807) is 0 Å². The Morgan fingerprint density at radius 3 is 2.63 bits per heavy atom. The molecular weight excluding hydrogens is 515 g/mol. The molecule has 0 aliphatic carbocycles. The number of nitrogens with two attached hydrogens (primary N) is 1. The summed E-state index contributed by atoms with van der Waals surface area (Å²) in [5.74, 6) is -0.354. The van der Waals surface area contributed by atoms with Crippen LogP contribution in [0.1, 0.15) is 49.0 Å². The number of nitrogens with one attached hydrogen (secondary N) is 1. The molecule has 0 radical (unpaired) electrons. The first-order valence-electron chi connectivity index (χ1n) is 12.6. The third-order valence-corrected chi connectivity index (χ3v) is 8.31. The fraction of sp³-hybridized carbons (Fsp3) is 0.560. The van der Waals surface area contributed by atoms with Crippen LogP contribution < -0.4 is 15.8 Å². The van der Waals surface area contributed by atoms with Crippen molar-refractivity contribution in [2.75, 3.05) is 56.8 Å². The van der Waals surface area contributed by atoms with Gasteiger partial charge >= 0.3 is 0 Å². The normalized spacial score (nSPS) is 15.2. The third kappa shape index (κ3) is 7.82. The van der Waals surface area contributed by atoms with Crippen LogP contribution in [-0.4, -0.2) is 90.3 Å². The zero-order valence-electron chi connectivity index (χ0n) is 22.1. The predicted octanol–water partition coefficient (Wildman–Crippen LogP) is 1.94. The highest BCUT2D eigenvalue weighted by atomic mass is 32.2. The number of nitrogens with zero attached hydrogens (tertiary/aromatic N) is 4. The van der Waals surface area contributed by atoms with Gasteiger partial charge in [-0.15, -0.1) is 0 Å². The number of aromatic nitrogens is 2. The second kappa shape index (κ2) is 13.3. The lowest BCUT2D eigenvalue weighted by Crippen LogP contribution is -2.43. The molecule has 38 heavy (non-hydrogen) atoms. The standard InChI is InChI=1S/C25H37FN6O5S/c1-17(2)15-31(16-33)9-4-12-38(35,36)32-10-7-19(8-11-32)29-25-28-14-21(24(27)30-25)23(34)20-13-18(26)5-6-22(20)37-3/h5-6,13-14,17,19,33H,4,7-12,15-16H2,1-3H3,(H3,27,28,29,30). The molecule has 1 aromatic heterocycles. The lowest BCUT2D eigenvalue weighted by molar-refractivity contribution is 0.0962. The molecule has 0 unspecified atom stereocenters. The third-order valence-electron chi connectivity index (χ3n) is 6.35. The summed E-state index contributed by atoms with van der Waals surface area (Å²) in [7, 11) is -2.02. The van der Waals surface area contributed by atoms with Crippen molar-refractivity contribution in [1.29, 1.82) is 0 Å². The van der Waals surface area contributed by atoms with Crippen molar-refractivity contribution >= 4 is 27.6 Å². The molecule has 0 bridgehead atoms. The number of sulfonamides is 1. The Kier molecular flexibility index (Phi) is 10.4. The van der Waals surface area contributed by atoms with Crippen LogP contribution in [0.2, 0.25) is 0 Å². The smallest absolute Gasteiger partial charge is 0.224 e. The van der Waals surface area contributed by atoms with E-state index in [1.807, 2.05) is 4.90 Å². The van der Waals surface area contributed by atoms with E-state index in [-0.39, 0.29) is 47.2 Å². The molecule has 1 aliphatic heterocycles. The van der Waals surface area contributed by atoms with Crippen molar-refractivity contribution < 1.29 is 27.4 Å². The number of hydrogen-bond acceptors (Lipinski definition) is 10. The monoisotopic (exact) mass is 552 g/mol. The Bertz CT molecular complexity index is 1200. The second-order valence-corrected chi connectivity index (χ2v) is 11.9. The first kappa shape index (κ1) is 29.7. The van der Waals surface area contributed by atoms with Crippen LogP contribution in [-0.2, 0) is 10.0 Å². The summed E-state index contributed by atoms with van der Waals surface area (Å²) >= 11 is 0. The van der Waals surface area contributed by atoms with E-state index >= 15 is 0 Å². The number of piperidine rings is 1. The van der Waals surface area contributed by atoms with E-state index in [0.29, 0.717) is 51.4 Å². The van der Waals surface area contributed by atoms with Gasteiger partial charge in [0.05, 0.1) is 30.7 Å². The molecule has 0 saturated carbocycles. The molecule has 2 heterocycles. The zero-order valence-corrected chi connectivity index (χ0v) is 22.9. The summed E-state index contributed by atoms with van der Waals surface area (Å²) in [6.07, 6.45) is 2.85. The number of methoxy groups -OCH3 is 1. The molecule has 1 fully saturated rings. The van der Waals surface area contributed by atoms with Crippen LogP contribution in [0.3, 0.4) is 0 Å². The zero-order chi connectivity index (χ0) is 27.9. The van der Waals surface area contributed by atoms with E-state index in [4.69, 9.17) is 10.5 Å². The van der Waals surface area contributed by atoms with E-state index in [2.05, 4.69) is 29.1 Å². The SMILES string of the molecule is COc1ccc(F)cc1C(=O)c1cnc(NC2CCN(S(=O)(=O)CCCN(CO)CC(C)C)CC2)nc1N. The van der Waals surface area contributed by atoms with Gasteiger partial charge in [-0.25, -0.2) is 22.1 Å². The quantitative estimate of drug-likeness (QED) is 0.248. The predicted molar refractivity (Wildman–Crippen MR) is 143 cm³/mol. The van der Waals surface area contributed by atoms with Gasteiger partial charge in [0, 0.05) is 38.4 Å². The van der Waals surface area contributed by atoms with Gasteiger partial charge in [0.15, 0.2) is 0 Å². The van der Waals surface area contributed by atoms with E-state index < -0.39 is 21.6 Å². The van der Waals surface area contributed by atoms with Crippen LogP contribution in [0.25, 0.3) is 0 Å². The fourth-order valence-corrected chi connectivity index (χ4v) is 5.96. The van der Waals surface area contributed by atoms with Crippen LogP contribution in [0.5, 0.6) is 5.75 Å². The maximum atomic E-state index is 13.7. The highest BCUT2D eigenvalue weighted by Gasteiger charge is 2.28. The number of ether oxygens (including phenoxy) is 1. The van der Waals surface area contributed by atoms with Crippen molar-refractivity contribution in [2.45, 2.75) is 39.2 Å². The largest absolute Gasteiger partial charge is 0.496 e. The molecule has 210 valence electrons. The molecule has 0 atom stereocenters. The molecule has 0 amide bonds. The molecule has 13 heteroatoms. The number of aliphatic hydroxyl groups is 1. The minimum Gasteiger partial charge on any atom is -0.496 e. The molecular formula is C25H37FN6O5S. The number of nitrogen functional groups attached to an aromatic ring is 1. The van der Waals surface area contributed by atoms with Crippen molar-refractivity contribution in [3.05, 3.63) is 41.3 Å². The van der Waals surface area contributed by atoms with Gasteiger partial charge in [-0.3, -0.25) is 9.69 Å². The van der Waals surface area contributed by atoms with Crippen molar-refractivity contribution in [3.8, 4) is 5.75 Å². The number of anilines is 2. The number of halogens is 1. The summed E-state index contributed by atoms with van der Waals surface area (Å²) in [6.45, 7) is 5.98. The van der Waals surface area contributed by atoms with Gasteiger partial charge in [0.1, 0.15) is 17.4 Å². The molecule has 1 aliphatic rings. The van der Waals surface area contributed by atoms with Crippen LogP contribution in [0, 0.1) is 11.7 Å². The van der Waals surface area contributed by atoms with Gasteiger partial charge in [0.25, 0.3) is 0 Å². The lowest BCUT2D eigenvalue weighted by atomic mass is 10.0. The summed E-state index contributed by atoms with van der Waals surface area (Å²) in [5, 5.41) is 12.6. The summed E-state index contributed by atoms with van der Waals surface area (Å²) < 4.78 is 45.9. The molecule has 4 N–H and O–H groups in total. The minimum absolute atomic E-state index is 0.0149. The Morgan fingerprint density at radius 2 is 2.03 bits per heavy atom. The highest BCUT2D eigenvalue weighted by Crippen LogP contribution is 2.25. The number of carbonyl (C=O) groups excluding carboxylic acids is 1. The van der Waals surface area contributed by atoms with Gasteiger partial charge in [0.2, 0.25) is 21.8 Å². The Labute approximate surface area is 223 Å². The number of benzene rings is 1. The number of aliphatic hydroxyl groups excluding tert-OH is 1. The first-order chi connectivity index (χ1) is 18.0. The summed E-state index contributed by atoms with van der Waals surface area (Å²) in [4.78, 5) is 23.1. The van der Waals surface area contributed by atoms with Crippen LogP contribution >= 0.6 is 0 Å². The van der Waals surface area contributed by atoms with Crippen LogP contribution in [0.4, 0.5) is 16.2 Å². The lowest BCUT2D eigenvalue weighted by Gasteiger charge is -2.32. The second-order valence-electron chi connectivity index (χ2n) is 9.77. The minimum atomic E-state index is -3.40. The summed E-state index contributed by atoms with van der Waals surface area (Å²) in [5.41, 5.74) is 6.06. The van der Waals surface area contributed by atoms with E-state index in [0.717, 1.165) is 6.07 Å².